The number of halogens is 1. The number of nitrogens with one attached hydrogen (secondary N) is 1. The number of aromatic nitrogens is 1. The fraction of sp³-hybridized carbons (Fsp3) is 0.538. The van der Waals surface area contributed by atoms with Crippen molar-refractivity contribution in [3.63, 3.8) is 0 Å². The summed E-state index contributed by atoms with van der Waals surface area (Å²) in [5.74, 6) is 0.000139. The Hall–Kier alpha value is -1.14. The van der Waals surface area contributed by atoms with Crippen LogP contribution in [0.1, 0.15) is 12.8 Å². The molecule has 1 amide bonds. The average Bonchev–Trinajstić information content (AvgIpc) is 2.43. The van der Waals surface area contributed by atoms with Crippen LogP contribution in [0, 0.1) is 0 Å². The van der Waals surface area contributed by atoms with E-state index in [-0.39, 0.29) is 18.0 Å². The van der Waals surface area contributed by atoms with Gasteiger partial charge in [-0.3, -0.25) is 9.59 Å². The summed E-state index contributed by atoms with van der Waals surface area (Å²) in [6, 6.07) is 3.50. The zero-order valence-electron chi connectivity index (χ0n) is 10.9. The maximum absolute atomic E-state index is 12.2. The molecule has 0 radical (unpaired) electrons. The van der Waals surface area contributed by atoms with E-state index >= 15 is 0 Å². The van der Waals surface area contributed by atoms with Crippen molar-refractivity contribution in [3.05, 3.63) is 33.2 Å². The van der Waals surface area contributed by atoms with E-state index in [1.807, 2.05) is 11.9 Å². The lowest BCUT2D eigenvalue weighted by Crippen LogP contribution is -2.48. The summed E-state index contributed by atoms with van der Waals surface area (Å²) in [6.07, 6.45) is 3.75. The second kappa shape index (κ2) is 6.34. The van der Waals surface area contributed by atoms with Crippen LogP contribution in [0.4, 0.5) is 0 Å². The topological polar surface area (TPSA) is 54.3 Å². The molecule has 1 N–H and O–H groups in total. The minimum absolute atomic E-state index is 0.000139. The van der Waals surface area contributed by atoms with Crippen LogP contribution in [0.3, 0.4) is 0 Å². The third kappa shape index (κ3) is 3.67. The van der Waals surface area contributed by atoms with Crippen molar-refractivity contribution < 1.29 is 4.79 Å². The van der Waals surface area contributed by atoms with Crippen LogP contribution < -0.4 is 10.9 Å². The van der Waals surface area contributed by atoms with Crippen molar-refractivity contribution in [2.75, 3.05) is 20.1 Å². The maximum atomic E-state index is 12.2. The Bertz CT molecular complexity index is 515. The molecule has 0 bridgehead atoms. The first kappa shape index (κ1) is 14.3. The van der Waals surface area contributed by atoms with E-state index in [9.17, 15) is 9.59 Å². The normalized spacial score (nSPS) is 19.5. The molecule has 5 nitrogen and oxygen atoms in total. The number of nitrogens with zero attached hydrogens (tertiary/aromatic N) is 2. The molecule has 1 aliphatic rings. The minimum atomic E-state index is -0.154. The van der Waals surface area contributed by atoms with Crippen LogP contribution in [-0.4, -0.2) is 41.6 Å². The molecule has 1 unspecified atom stereocenters. The molecular formula is C13H18BrN3O2. The summed E-state index contributed by atoms with van der Waals surface area (Å²) in [6.45, 7) is 1.60. The van der Waals surface area contributed by atoms with Crippen molar-refractivity contribution in [1.82, 2.24) is 14.8 Å². The lowest BCUT2D eigenvalue weighted by Gasteiger charge is -2.32. The highest BCUT2D eigenvalue weighted by atomic mass is 79.9. The van der Waals surface area contributed by atoms with Crippen molar-refractivity contribution in [1.29, 1.82) is 0 Å². The molecule has 0 saturated carbocycles. The van der Waals surface area contributed by atoms with Crippen LogP contribution >= 0.6 is 15.9 Å². The Morgan fingerprint density at radius 2 is 2.32 bits per heavy atom. The summed E-state index contributed by atoms with van der Waals surface area (Å²) in [5, 5.41) is 3.20. The van der Waals surface area contributed by atoms with Crippen LogP contribution in [-0.2, 0) is 11.3 Å². The number of rotatable bonds is 3. The number of piperidine rings is 1. The van der Waals surface area contributed by atoms with Gasteiger partial charge >= 0.3 is 0 Å². The average molecular weight is 328 g/mol. The van der Waals surface area contributed by atoms with E-state index < -0.39 is 0 Å². The van der Waals surface area contributed by atoms with Gasteiger partial charge in [-0.25, -0.2) is 0 Å². The van der Waals surface area contributed by atoms with Crippen LogP contribution in [0.15, 0.2) is 27.6 Å². The quantitative estimate of drug-likeness (QED) is 0.894. The van der Waals surface area contributed by atoms with E-state index in [1.54, 1.807) is 12.3 Å². The smallest absolute Gasteiger partial charge is 0.251 e. The number of pyridine rings is 1. The van der Waals surface area contributed by atoms with E-state index in [0.717, 1.165) is 30.4 Å². The lowest BCUT2D eigenvalue weighted by atomic mass is 10.1. The summed E-state index contributed by atoms with van der Waals surface area (Å²) in [7, 11) is 1.91. The molecule has 6 heteroatoms. The van der Waals surface area contributed by atoms with Crippen molar-refractivity contribution in [3.8, 4) is 0 Å². The number of likely N-dealkylation sites (N-methyl/N-ethyl adjacent to an activating group) is 1. The molecule has 1 fully saturated rings. The van der Waals surface area contributed by atoms with Crippen LogP contribution in [0.25, 0.3) is 0 Å². The predicted molar refractivity (Wildman–Crippen MR) is 77.1 cm³/mol. The second-order valence-electron chi connectivity index (χ2n) is 4.78. The van der Waals surface area contributed by atoms with Crippen LogP contribution in [0.5, 0.6) is 0 Å². The molecule has 1 saturated heterocycles. The van der Waals surface area contributed by atoms with E-state index in [0.29, 0.717) is 6.04 Å². The summed E-state index contributed by atoms with van der Waals surface area (Å²) < 4.78 is 2.24. The molecule has 0 spiro atoms. The third-order valence-electron chi connectivity index (χ3n) is 3.44. The van der Waals surface area contributed by atoms with Gasteiger partial charge in [0.15, 0.2) is 0 Å². The van der Waals surface area contributed by atoms with Gasteiger partial charge in [0.2, 0.25) is 5.91 Å². The monoisotopic (exact) mass is 327 g/mol. The highest BCUT2D eigenvalue weighted by Gasteiger charge is 2.22. The molecule has 2 rings (SSSR count). The number of hydrogen-bond donors (Lipinski definition) is 1. The predicted octanol–water partition coefficient (Wildman–Crippen LogP) is 0.821. The Morgan fingerprint density at radius 3 is 3.05 bits per heavy atom. The number of carbonyl (C=O) groups is 1. The van der Waals surface area contributed by atoms with Gasteiger partial charge in [-0.05, 0) is 41.9 Å². The zero-order valence-corrected chi connectivity index (χ0v) is 12.5. The number of carbonyl (C=O) groups excluding carboxylic acids is 1. The second-order valence-corrected chi connectivity index (χ2v) is 5.70. The summed E-state index contributed by atoms with van der Waals surface area (Å²) in [5.41, 5.74) is -0.154. The summed E-state index contributed by atoms with van der Waals surface area (Å²) >= 11 is 3.31. The van der Waals surface area contributed by atoms with Crippen LogP contribution in [0.2, 0.25) is 0 Å². The summed E-state index contributed by atoms with van der Waals surface area (Å²) in [4.78, 5) is 25.7. The van der Waals surface area contributed by atoms with E-state index in [1.165, 1.54) is 10.6 Å². The standard InChI is InChI=1S/C13H18BrN3O2/c1-15-11-3-2-6-16(8-11)13(19)9-17-7-10(14)4-5-12(17)18/h4-5,7,11,15H,2-3,6,8-9H2,1H3. The third-order valence-corrected chi connectivity index (χ3v) is 3.90. The SMILES string of the molecule is CNC1CCCN(C(=O)Cn2cc(Br)ccc2=O)C1. The highest BCUT2D eigenvalue weighted by molar-refractivity contribution is 9.10. The van der Waals surface area contributed by atoms with Gasteiger partial charge < -0.3 is 14.8 Å². The minimum Gasteiger partial charge on any atom is -0.340 e. The number of likely N-dealkylation sites (tertiary alicyclic amines) is 1. The fourth-order valence-corrected chi connectivity index (χ4v) is 2.69. The first-order valence-corrected chi connectivity index (χ1v) is 7.20. The molecule has 0 aliphatic carbocycles. The van der Waals surface area contributed by atoms with Crippen molar-refractivity contribution in [2.24, 2.45) is 0 Å². The highest BCUT2D eigenvalue weighted by Crippen LogP contribution is 2.11. The van der Waals surface area contributed by atoms with Gasteiger partial charge in [0.05, 0.1) is 0 Å². The van der Waals surface area contributed by atoms with Gasteiger partial charge in [0.1, 0.15) is 6.54 Å². The van der Waals surface area contributed by atoms with Crippen molar-refractivity contribution >= 4 is 21.8 Å². The van der Waals surface area contributed by atoms with Gasteiger partial charge in [-0.1, -0.05) is 0 Å². The van der Waals surface area contributed by atoms with Gasteiger partial charge in [-0.15, -0.1) is 0 Å². The van der Waals surface area contributed by atoms with Gasteiger partial charge in [0.25, 0.3) is 5.56 Å². The Kier molecular flexibility index (Phi) is 4.76. The lowest BCUT2D eigenvalue weighted by molar-refractivity contribution is -0.133. The zero-order chi connectivity index (χ0) is 13.8. The van der Waals surface area contributed by atoms with Gasteiger partial charge in [0, 0.05) is 35.9 Å². The maximum Gasteiger partial charge on any atom is 0.251 e. The Morgan fingerprint density at radius 1 is 1.53 bits per heavy atom. The molecule has 2 heterocycles. The first-order chi connectivity index (χ1) is 9.10. The molecule has 0 aromatic carbocycles. The molecular weight excluding hydrogens is 310 g/mol. The molecule has 1 aromatic heterocycles. The number of amides is 1. The molecule has 1 aliphatic heterocycles. The van der Waals surface area contributed by atoms with E-state index in [2.05, 4.69) is 21.2 Å². The molecule has 104 valence electrons. The fourth-order valence-electron chi connectivity index (χ4n) is 2.31. The molecule has 1 aromatic rings. The largest absolute Gasteiger partial charge is 0.340 e. The first-order valence-electron chi connectivity index (χ1n) is 6.41. The van der Waals surface area contributed by atoms with E-state index in [4.69, 9.17) is 0 Å². The molecule has 1 atom stereocenters. The Balaban J connectivity index is 2.04. The number of hydrogen-bond acceptors (Lipinski definition) is 3. The molecule has 19 heavy (non-hydrogen) atoms. The van der Waals surface area contributed by atoms with Gasteiger partial charge in [-0.2, -0.15) is 0 Å². The Labute approximate surface area is 120 Å². The van der Waals surface area contributed by atoms with Crippen molar-refractivity contribution in [2.45, 2.75) is 25.4 Å².